The Balaban J connectivity index is 1.46. The Morgan fingerprint density at radius 2 is 1.72 bits per heavy atom. The van der Waals surface area contributed by atoms with Crippen molar-refractivity contribution in [2.45, 2.75) is 25.8 Å². The summed E-state index contributed by atoms with van der Waals surface area (Å²) in [6.07, 6.45) is 2.60. The molecule has 0 radical (unpaired) electrons. The predicted molar refractivity (Wildman–Crippen MR) is 135 cm³/mol. The van der Waals surface area contributed by atoms with E-state index >= 15 is 0 Å². The highest BCUT2D eigenvalue weighted by atomic mass is 79.9. The molecule has 1 aromatic heterocycles. The lowest BCUT2D eigenvalue weighted by atomic mass is 10.1. The average Bonchev–Trinajstić information content (AvgIpc) is 2.79. The lowest BCUT2D eigenvalue weighted by molar-refractivity contribution is 0.304. The largest absolute Gasteiger partial charge is 0.492 e. The van der Waals surface area contributed by atoms with Crippen LogP contribution in [0.2, 0.25) is 10.0 Å². The van der Waals surface area contributed by atoms with Gasteiger partial charge in [0.05, 0.1) is 22.5 Å². The topological polar surface area (TPSA) is 44.1 Å². The van der Waals surface area contributed by atoms with Gasteiger partial charge in [-0.25, -0.2) is 4.98 Å². The van der Waals surface area contributed by atoms with Gasteiger partial charge in [-0.1, -0.05) is 51.3 Å². The SMILES string of the molecule is O=c1c2ccccc2nc(-c2ccc(Cl)cc2)n1CCCCCOc1ccc(Br)cc1Cl. The molecular weight excluding hydrogens is 511 g/mol. The lowest BCUT2D eigenvalue weighted by Gasteiger charge is -2.14. The first kappa shape index (κ1) is 22.8. The van der Waals surface area contributed by atoms with Gasteiger partial charge in [0.25, 0.3) is 5.56 Å². The molecule has 4 aromatic rings. The van der Waals surface area contributed by atoms with Gasteiger partial charge in [0.15, 0.2) is 0 Å². The molecule has 0 saturated carbocycles. The van der Waals surface area contributed by atoms with Gasteiger partial charge in [-0.05, 0) is 73.9 Å². The molecule has 0 unspecified atom stereocenters. The van der Waals surface area contributed by atoms with Gasteiger partial charge in [-0.15, -0.1) is 0 Å². The molecule has 0 aliphatic heterocycles. The minimum atomic E-state index is -0.0292. The first-order valence-electron chi connectivity index (χ1n) is 10.4. The fourth-order valence-electron chi connectivity index (χ4n) is 3.52. The van der Waals surface area contributed by atoms with Crippen molar-refractivity contribution in [2.75, 3.05) is 6.61 Å². The van der Waals surface area contributed by atoms with Crippen LogP contribution >= 0.6 is 39.1 Å². The molecule has 4 rings (SSSR count). The van der Waals surface area contributed by atoms with E-state index in [1.165, 1.54) is 0 Å². The smallest absolute Gasteiger partial charge is 0.261 e. The van der Waals surface area contributed by atoms with E-state index in [0.29, 0.717) is 45.7 Å². The Kier molecular flexibility index (Phi) is 7.51. The zero-order valence-electron chi connectivity index (χ0n) is 17.2. The van der Waals surface area contributed by atoms with Crippen LogP contribution in [0, 0.1) is 0 Å². The van der Waals surface area contributed by atoms with Crippen molar-refractivity contribution in [1.82, 2.24) is 9.55 Å². The van der Waals surface area contributed by atoms with Crippen molar-refractivity contribution < 1.29 is 4.74 Å². The number of para-hydroxylation sites is 1. The third-order valence-corrected chi connectivity index (χ3v) is 6.18. The summed E-state index contributed by atoms with van der Waals surface area (Å²) < 4.78 is 8.46. The Morgan fingerprint density at radius 3 is 2.50 bits per heavy atom. The Hall–Kier alpha value is -2.34. The molecule has 0 aliphatic carbocycles. The molecule has 0 spiro atoms. The van der Waals surface area contributed by atoms with E-state index in [9.17, 15) is 4.79 Å². The van der Waals surface area contributed by atoms with E-state index in [1.54, 1.807) is 4.57 Å². The molecule has 4 nitrogen and oxygen atoms in total. The molecule has 164 valence electrons. The number of aromatic nitrogens is 2. The first-order chi connectivity index (χ1) is 15.5. The molecule has 0 saturated heterocycles. The zero-order chi connectivity index (χ0) is 22.5. The van der Waals surface area contributed by atoms with E-state index in [1.807, 2.05) is 66.7 Å². The minimum Gasteiger partial charge on any atom is -0.492 e. The second-order valence-electron chi connectivity index (χ2n) is 7.40. The summed E-state index contributed by atoms with van der Waals surface area (Å²) in [6, 6.07) is 20.4. The first-order valence-corrected chi connectivity index (χ1v) is 11.9. The van der Waals surface area contributed by atoms with Crippen LogP contribution in [0.4, 0.5) is 0 Å². The summed E-state index contributed by atoms with van der Waals surface area (Å²) in [6.45, 7) is 1.14. The second-order valence-corrected chi connectivity index (χ2v) is 9.16. The maximum Gasteiger partial charge on any atom is 0.261 e. The molecule has 0 aliphatic rings. The van der Waals surface area contributed by atoms with Crippen molar-refractivity contribution in [1.29, 1.82) is 0 Å². The third kappa shape index (κ3) is 5.34. The van der Waals surface area contributed by atoms with Crippen LogP contribution < -0.4 is 10.3 Å². The Labute approximate surface area is 204 Å². The van der Waals surface area contributed by atoms with Crippen LogP contribution in [-0.2, 0) is 6.54 Å². The highest BCUT2D eigenvalue weighted by Crippen LogP contribution is 2.28. The van der Waals surface area contributed by atoms with Crippen LogP contribution in [0.25, 0.3) is 22.3 Å². The maximum absolute atomic E-state index is 13.2. The van der Waals surface area contributed by atoms with Crippen molar-refractivity contribution in [3.63, 3.8) is 0 Å². The van der Waals surface area contributed by atoms with Crippen molar-refractivity contribution in [2.24, 2.45) is 0 Å². The fourth-order valence-corrected chi connectivity index (χ4v) is 4.37. The van der Waals surface area contributed by atoms with E-state index in [4.69, 9.17) is 32.9 Å². The number of nitrogens with zero attached hydrogens (tertiary/aromatic N) is 2. The predicted octanol–water partition coefficient (Wildman–Crippen LogP) is 7.38. The van der Waals surface area contributed by atoms with Crippen molar-refractivity contribution >= 4 is 50.0 Å². The van der Waals surface area contributed by atoms with Gasteiger partial charge in [-0.3, -0.25) is 9.36 Å². The summed E-state index contributed by atoms with van der Waals surface area (Å²) in [5.74, 6) is 1.33. The van der Waals surface area contributed by atoms with E-state index in [2.05, 4.69) is 15.9 Å². The molecular formula is C25H21BrCl2N2O2. The maximum atomic E-state index is 13.2. The number of hydrogen-bond donors (Lipinski definition) is 0. The average molecular weight is 532 g/mol. The quantitative estimate of drug-likeness (QED) is 0.223. The molecule has 0 bridgehead atoms. The fraction of sp³-hybridized carbons (Fsp3) is 0.200. The second kappa shape index (κ2) is 10.5. The van der Waals surface area contributed by atoms with Crippen molar-refractivity contribution in [3.05, 3.63) is 91.6 Å². The zero-order valence-corrected chi connectivity index (χ0v) is 20.3. The number of unbranched alkanes of at least 4 members (excludes halogenated alkanes) is 2. The van der Waals surface area contributed by atoms with Crippen LogP contribution in [0.5, 0.6) is 5.75 Å². The van der Waals surface area contributed by atoms with Crippen LogP contribution in [0.15, 0.2) is 76.0 Å². The van der Waals surface area contributed by atoms with Gasteiger partial charge < -0.3 is 4.74 Å². The molecule has 0 fully saturated rings. The summed E-state index contributed by atoms with van der Waals surface area (Å²) in [4.78, 5) is 18.0. The molecule has 32 heavy (non-hydrogen) atoms. The number of rotatable bonds is 8. The van der Waals surface area contributed by atoms with E-state index in [-0.39, 0.29) is 5.56 Å². The summed E-state index contributed by atoms with van der Waals surface area (Å²) >= 11 is 15.6. The van der Waals surface area contributed by atoms with E-state index < -0.39 is 0 Å². The summed E-state index contributed by atoms with van der Waals surface area (Å²) in [5, 5.41) is 1.86. The number of halogens is 3. The molecule has 0 amide bonds. The van der Waals surface area contributed by atoms with Gasteiger partial charge >= 0.3 is 0 Å². The van der Waals surface area contributed by atoms with Gasteiger partial charge in [0.2, 0.25) is 0 Å². The Bertz CT molecular complexity index is 1290. The monoisotopic (exact) mass is 530 g/mol. The van der Waals surface area contributed by atoms with Crippen LogP contribution in [0.3, 0.4) is 0 Å². The normalized spacial score (nSPS) is 11.1. The van der Waals surface area contributed by atoms with Gasteiger partial charge in [-0.2, -0.15) is 0 Å². The summed E-state index contributed by atoms with van der Waals surface area (Å²) in [7, 11) is 0. The van der Waals surface area contributed by atoms with E-state index in [0.717, 1.165) is 29.3 Å². The minimum absolute atomic E-state index is 0.0292. The Morgan fingerprint density at radius 1 is 0.938 bits per heavy atom. The van der Waals surface area contributed by atoms with Gasteiger partial charge in [0, 0.05) is 21.6 Å². The number of benzene rings is 3. The van der Waals surface area contributed by atoms with Crippen molar-refractivity contribution in [3.8, 4) is 17.1 Å². The number of hydrogen-bond acceptors (Lipinski definition) is 3. The van der Waals surface area contributed by atoms with Crippen LogP contribution in [-0.4, -0.2) is 16.2 Å². The van der Waals surface area contributed by atoms with Gasteiger partial charge in [0.1, 0.15) is 11.6 Å². The summed E-state index contributed by atoms with van der Waals surface area (Å²) in [5.41, 5.74) is 1.53. The molecule has 1 heterocycles. The highest BCUT2D eigenvalue weighted by molar-refractivity contribution is 9.10. The highest BCUT2D eigenvalue weighted by Gasteiger charge is 2.12. The molecule has 7 heteroatoms. The molecule has 0 atom stereocenters. The number of fused-ring (bicyclic) bond motifs is 1. The lowest BCUT2D eigenvalue weighted by Crippen LogP contribution is -2.23. The third-order valence-electron chi connectivity index (χ3n) is 5.14. The number of ether oxygens (including phenoxy) is 1. The molecule has 0 N–H and O–H groups in total. The standard InChI is InChI=1S/C25H21BrCl2N2O2/c26-18-10-13-23(21(28)16-18)32-15-5-1-4-14-30-24(17-8-11-19(27)12-9-17)29-22-7-3-2-6-20(22)25(30)31/h2-3,6-13,16H,1,4-5,14-15H2. The molecule has 3 aromatic carbocycles. The van der Waals surface area contributed by atoms with Crippen LogP contribution in [0.1, 0.15) is 19.3 Å².